The van der Waals surface area contributed by atoms with E-state index in [1.54, 1.807) is 23.5 Å². The summed E-state index contributed by atoms with van der Waals surface area (Å²) in [6.45, 7) is 2.56. The van der Waals surface area contributed by atoms with Crippen molar-refractivity contribution in [2.24, 2.45) is 5.14 Å². The predicted molar refractivity (Wildman–Crippen MR) is 87.3 cm³/mol. The highest BCUT2D eigenvalue weighted by molar-refractivity contribution is 7.89. The Morgan fingerprint density at radius 3 is 2.64 bits per heavy atom. The first-order chi connectivity index (χ1) is 10.4. The smallest absolute Gasteiger partial charge is 0.238 e. The van der Waals surface area contributed by atoms with Gasteiger partial charge >= 0.3 is 0 Å². The van der Waals surface area contributed by atoms with Crippen molar-refractivity contribution in [1.82, 2.24) is 9.97 Å². The summed E-state index contributed by atoms with van der Waals surface area (Å²) >= 11 is 1.62. The molecule has 0 saturated carbocycles. The number of fused-ring (bicyclic) bond motifs is 1. The zero-order valence-corrected chi connectivity index (χ0v) is 13.4. The lowest BCUT2D eigenvalue weighted by atomic mass is 10.2. The van der Waals surface area contributed by atoms with Gasteiger partial charge < -0.3 is 5.32 Å². The molecule has 2 aromatic heterocycles. The Labute approximate surface area is 132 Å². The molecule has 0 aliphatic carbocycles. The summed E-state index contributed by atoms with van der Waals surface area (Å²) in [5.41, 5.74) is 0.936. The summed E-state index contributed by atoms with van der Waals surface area (Å²) in [5.74, 6) is 0.768. The summed E-state index contributed by atoms with van der Waals surface area (Å²) in [6.07, 6.45) is 1.53. The van der Waals surface area contributed by atoms with E-state index >= 15 is 0 Å². The molecule has 3 aromatic rings. The summed E-state index contributed by atoms with van der Waals surface area (Å²) in [7, 11) is -3.65. The van der Waals surface area contributed by atoms with Crippen LogP contribution in [0.3, 0.4) is 0 Å². The van der Waals surface area contributed by atoms with Crippen molar-refractivity contribution in [3.63, 3.8) is 0 Å². The third-order valence-electron chi connectivity index (χ3n) is 3.16. The van der Waals surface area contributed by atoms with Crippen LogP contribution in [0.15, 0.2) is 41.6 Å². The second-order valence-electron chi connectivity index (χ2n) is 4.84. The second kappa shape index (κ2) is 5.64. The number of anilines is 1. The molecular formula is C14H14N4O2S2. The molecule has 0 fully saturated rings. The van der Waals surface area contributed by atoms with E-state index in [0.717, 1.165) is 21.6 Å². The van der Waals surface area contributed by atoms with E-state index in [4.69, 9.17) is 5.14 Å². The minimum atomic E-state index is -3.65. The summed E-state index contributed by atoms with van der Waals surface area (Å²) in [6, 6.07) is 8.49. The molecule has 0 bridgehead atoms. The number of aryl methyl sites for hydroxylation is 1. The number of hydrogen-bond donors (Lipinski definition) is 2. The van der Waals surface area contributed by atoms with Gasteiger partial charge in [-0.15, -0.1) is 11.3 Å². The van der Waals surface area contributed by atoms with Crippen molar-refractivity contribution in [2.45, 2.75) is 18.4 Å². The Morgan fingerprint density at radius 2 is 1.95 bits per heavy atom. The number of rotatable bonds is 4. The molecule has 114 valence electrons. The molecule has 0 amide bonds. The summed E-state index contributed by atoms with van der Waals surface area (Å²) in [5, 5.41) is 9.32. The van der Waals surface area contributed by atoms with Gasteiger partial charge in [-0.05, 0) is 30.7 Å². The molecule has 0 aliphatic heterocycles. The lowest BCUT2D eigenvalue weighted by Gasteiger charge is -2.07. The molecule has 0 spiro atoms. The van der Waals surface area contributed by atoms with Gasteiger partial charge in [-0.3, -0.25) is 0 Å². The molecular weight excluding hydrogens is 320 g/mol. The van der Waals surface area contributed by atoms with Gasteiger partial charge in [0.05, 0.1) is 10.3 Å². The average molecular weight is 334 g/mol. The first-order valence-corrected chi connectivity index (χ1v) is 8.86. The van der Waals surface area contributed by atoms with E-state index in [9.17, 15) is 8.42 Å². The largest absolute Gasteiger partial charge is 0.365 e. The second-order valence-corrected chi connectivity index (χ2v) is 7.64. The zero-order chi connectivity index (χ0) is 15.7. The minimum absolute atomic E-state index is 0.106. The van der Waals surface area contributed by atoms with Crippen LogP contribution in [-0.2, 0) is 16.6 Å². The Kier molecular flexibility index (Phi) is 3.81. The van der Waals surface area contributed by atoms with Gasteiger partial charge in [0.15, 0.2) is 0 Å². The molecule has 0 unspecified atom stereocenters. The van der Waals surface area contributed by atoms with Gasteiger partial charge in [-0.25, -0.2) is 23.5 Å². The number of primary sulfonamides is 1. The Hall–Kier alpha value is -2.03. The number of thiophene rings is 1. The predicted octanol–water partition coefficient (Wildman–Crippen LogP) is 2.26. The molecule has 1 aromatic carbocycles. The van der Waals surface area contributed by atoms with E-state index in [1.165, 1.54) is 23.3 Å². The number of hydrogen-bond acceptors (Lipinski definition) is 6. The first kappa shape index (κ1) is 14.9. The number of sulfonamides is 1. The standard InChI is InChI=1S/C14H14N4O2S2/c1-9-6-12-13(17-8-18-14(12)21-9)16-7-10-2-4-11(5-3-10)22(15,19)20/h2-6,8H,7H2,1H3,(H2,15,19,20)(H,16,17,18). The van der Waals surface area contributed by atoms with Crippen LogP contribution in [0.5, 0.6) is 0 Å². The van der Waals surface area contributed by atoms with Crippen molar-refractivity contribution in [1.29, 1.82) is 0 Å². The van der Waals surface area contributed by atoms with Crippen LogP contribution < -0.4 is 10.5 Å². The van der Waals surface area contributed by atoms with Crippen molar-refractivity contribution < 1.29 is 8.42 Å². The molecule has 22 heavy (non-hydrogen) atoms. The van der Waals surface area contributed by atoms with Gasteiger partial charge in [0.1, 0.15) is 17.0 Å². The number of aromatic nitrogens is 2. The highest BCUT2D eigenvalue weighted by atomic mass is 32.2. The third-order valence-corrected chi connectivity index (χ3v) is 5.05. The minimum Gasteiger partial charge on any atom is -0.365 e. The van der Waals surface area contributed by atoms with Crippen LogP contribution in [0.25, 0.3) is 10.2 Å². The maximum absolute atomic E-state index is 11.2. The quantitative estimate of drug-likeness (QED) is 0.762. The Morgan fingerprint density at radius 1 is 1.23 bits per heavy atom. The molecule has 0 radical (unpaired) electrons. The van der Waals surface area contributed by atoms with Crippen molar-refractivity contribution in [3.05, 3.63) is 47.1 Å². The van der Waals surface area contributed by atoms with Gasteiger partial charge in [0.25, 0.3) is 0 Å². The Balaban J connectivity index is 1.79. The van der Waals surface area contributed by atoms with Crippen molar-refractivity contribution in [2.75, 3.05) is 5.32 Å². The lowest BCUT2D eigenvalue weighted by molar-refractivity contribution is 0.598. The van der Waals surface area contributed by atoms with E-state index < -0.39 is 10.0 Å². The fourth-order valence-electron chi connectivity index (χ4n) is 2.10. The molecule has 2 heterocycles. The number of nitrogens with one attached hydrogen (secondary N) is 1. The van der Waals surface area contributed by atoms with Crippen LogP contribution in [-0.4, -0.2) is 18.4 Å². The number of benzene rings is 1. The third kappa shape index (κ3) is 3.08. The van der Waals surface area contributed by atoms with E-state index in [-0.39, 0.29) is 4.90 Å². The molecule has 0 aliphatic rings. The number of nitrogens with zero attached hydrogens (tertiary/aromatic N) is 2. The van der Waals surface area contributed by atoms with Gasteiger partial charge in [0, 0.05) is 11.4 Å². The molecule has 0 atom stereocenters. The zero-order valence-electron chi connectivity index (χ0n) is 11.8. The fraction of sp³-hybridized carbons (Fsp3) is 0.143. The highest BCUT2D eigenvalue weighted by Gasteiger charge is 2.08. The maximum Gasteiger partial charge on any atom is 0.238 e. The van der Waals surface area contributed by atoms with E-state index in [0.29, 0.717) is 6.54 Å². The molecule has 0 saturated heterocycles. The maximum atomic E-state index is 11.2. The van der Waals surface area contributed by atoms with E-state index in [1.807, 2.05) is 13.0 Å². The normalized spacial score (nSPS) is 11.7. The number of nitrogens with two attached hydrogens (primary N) is 1. The van der Waals surface area contributed by atoms with Crippen molar-refractivity contribution >= 4 is 37.4 Å². The summed E-state index contributed by atoms with van der Waals surface area (Å²) in [4.78, 5) is 10.7. The summed E-state index contributed by atoms with van der Waals surface area (Å²) < 4.78 is 22.4. The van der Waals surface area contributed by atoms with Crippen LogP contribution >= 0.6 is 11.3 Å². The van der Waals surface area contributed by atoms with Gasteiger partial charge in [0.2, 0.25) is 10.0 Å². The lowest BCUT2D eigenvalue weighted by Crippen LogP contribution is -2.12. The highest BCUT2D eigenvalue weighted by Crippen LogP contribution is 2.27. The molecule has 6 nitrogen and oxygen atoms in total. The van der Waals surface area contributed by atoms with E-state index in [2.05, 4.69) is 15.3 Å². The van der Waals surface area contributed by atoms with Crippen LogP contribution in [0, 0.1) is 6.92 Å². The molecule has 3 N–H and O–H groups in total. The van der Waals surface area contributed by atoms with Crippen LogP contribution in [0.2, 0.25) is 0 Å². The first-order valence-electron chi connectivity index (χ1n) is 6.50. The van der Waals surface area contributed by atoms with Crippen LogP contribution in [0.4, 0.5) is 5.82 Å². The van der Waals surface area contributed by atoms with Gasteiger partial charge in [-0.2, -0.15) is 0 Å². The van der Waals surface area contributed by atoms with Crippen molar-refractivity contribution in [3.8, 4) is 0 Å². The fourth-order valence-corrected chi connectivity index (χ4v) is 3.46. The monoisotopic (exact) mass is 334 g/mol. The van der Waals surface area contributed by atoms with Gasteiger partial charge in [-0.1, -0.05) is 12.1 Å². The average Bonchev–Trinajstić information content (AvgIpc) is 2.85. The van der Waals surface area contributed by atoms with Crippen LogP contribution in [0.1, 0.15) is 10.4 Å². The topological polar surface area (TPSA) is 98.0 Å². The molecule has 8 heteroatoms. The molecule has 3 rings (SSSR count). The Bertz CT molecular complexity index is 918. The SMILES string of the molecule is Cc1cc2c(NCc3ccc(S(N)(=O)=O)cc3)ncnc2s1.